The maximum Gasteiger partial charge on any atom is 0.359 e. The van der Waals surface area contributed by atoms with Gasteiger partial charge in [0.2, 0.25) is 0 Å². The van der Waals surface area contributed by atoms with Gasteiger partial charge in [-0.15, -0.1) is 0 Å². The van der Waals surface area contributed by atoms with Gasteiger partial charge in [0.25, 0.3) is 11.5 Å². The maximum atomic E-state index is 12.5. The lowest BCUT2D eigenvalue weighted by Gasteiger charge is -2.10. The minimum absolute atomic E-state index is 0.0702. The van der Waals surface area contributed by atoms with Gasteiger partial charge in [0.1, 0.15) is 0 Å². The van der Waals surface area contributed by atoms with E-state index in [9.17, 15) is 14.4 Å². The lowest BCUT2D eigenvalue weighted by Crippen LogP contribution is -2.28. The van der Waals surface area contributed by atoms with Crippen LogP contribution in [0.4, 0.5) is 5.69 Å². The fourth-order valence-corrected chi connectivity index (χ4v) is 2.79. The highest BCUT2D eigenvalue weighted by Crippen LogP contribution is 2.16. The number of aromatic nitrogens is 2. The number of amides is 1. The summed E-state index contributed by atoms with van der Waals surface area (Å²) in [4.78, 5) is 36.8. The summed E-state index contributed by atoms with van der Waals surface area (Å²) in [6, 6.07) is 13.0. The monoisotopic (exact) mass is 401 g/mol. The Bertz CT molecular complexity index is 1100. The summed E-state index contributed by atoms with van der Waals surface area (Å²) < 4.78 is 6.04. The third-order valence-electron chi connectivity index (χ3n) is 3.82. The van der Waals surface area contributed by atoms with Crippen LogP contribution in [0.2, 0.25) is 5.02 Å². The van der Waals surface area contributed by atoms with Gasteiger partial charge in [0, 0.05) is 16.1 Å². The van der Waals surface area contributed by atoms with Gasteiger partial charge in [0.15, 0.2) is 12.3 Å². The third kappa shape index (κ3) is 4.36. The van der Waals surface area contributed by atoms with Crippen molar-refractivity contribution in [3.8, 4) is 0 Å². The molecule has 9 heteroatoms. The Labute approximate surface area is 164 Å². The summed E-state index contributed by atoms with van der Waals surface area (Å²) in [5.41, 5.74) is -0.0762. The molecule has 28 heavy (non-hydrogen) atoms. The second-order valence-corrected chi connectivity index (χ2v) is 6.22. The van der Waals surface area contributed by atoms with Crippen LogP contribution >= 0.6 is 11.6 Å². The standard InChI is InChI=1S/C19H16ClN3O5/c20-12-4-3-5-13(10-12)21-16(25)11-28-19(27)17-14-6-1-2-7-15(14)18(26)23(22-17)8-9-24/h1-7,10,24H,8-9,11H2,(H,21,25). The number of hydrogen-bond donors (Lipinski definition) is 2. The maximum absolute atomic E-state index is 12.5. The molecule has 144 valence electrons. The molecule has 0 aliphatic carbocycles. The molecule has 0 spiro atoms. The van der Waals surface area contributed by atoms with Crippen LogP contribution in [0.15, 0.2) is 53.3 Å². The van der Waals surface area contributed by atoms with Crippen LogP contribution in [0.3, 0.4) is 0 Å². The summed E-state index contributed by atoms with van der Waals surface area (Å²) in [7, 11) is 0. The second kappa shape index (κ2) is 8.64. The molecular weight excluding hydrogens is 386 g/mol. The molecule has 0 aliphatic heterocycles. The van der Waals surface area contributed by atoms with Gasteiger partial charge in [-0.05, 0) is 24.3 Å². The highest BCUT2D eigenvalue weighted by atomic mass is 35.5. The van der Waals surface area contributed by atoms with Gasteiger partial charge in [-0.2, -0.15) is 5.10 Å². The van der Waals surface area contributed by atoms with Crippen molar-refractivity contribution < 1.29 is 19.4 Å². The van der Waals surface area contributed by atoms with Crippen LogP contribution in [-0.2, 0) is 16.1 Å². The molecule has 3 rings (SSSR count). The van der Waals surface area contributed by atoms with Crippen LogP contribution in [-0.4, -0.2) is 40.0 Å². The minimum atomic E-state index is -0.857. The Balaban J connectivity index is 1.78. The van der Waals surface area contributed by atoms with Crippen molar-refractivity contribution in [3.63, 3.8) is 0 Å². The fraction of sp³-hybridized carbons (Fsp3) is 0.158. The van der Waals surface area contributed by atoms with Crippen LogP contribution in [0.25, 0.3) is 10.8 Å². The number of carbonyl (C=O) groups is 2. The number of ether oxygens (including phenoxy) is 1. The van der Waals surface area contributed by atoms with E-state index in [1.54, 1.807) is 48.5 Å². The molecule has 2 aromatic carbocycles. The Kier molecular flexibility index (Phi) is 6.03. The number of aliphatic hydroxyl groups is 1. The lowest BCUT2D eigenvalue weighted by molar-refractivity contribution is -0.119. The molecule has 2 N–H and O–H groups in total. The molecule has 1 heterocycles. The number of nitrogens with zero attached hydrogens (tertiary/aromatic N) is 2. The van der Waals surface area contributed by atoms with Crippen LogP contribution in [0.1, 0.15) is 10.5 Å². The topological polar surface area (TPSA) is 111 Å². The summed E-state index contributed by atoms with van der Waals surface area (Å²) in [5.74, 6) is -1.41. The average molecular weight is 402 g/mol. The molecule has 0 bridgehead atoms. The zero-order valence-electron chi connectivity index (χ0n) is 14.6. The van der Waals surface area contributed by atoms with Crippen molar-refractivity contribution in [2.45, 2.75) is 6.54 Å². The highest BCUT2D eigenvalue weighted by Gasteiger charge is 2.19. The predicted octanol–water partition coefficient (Wildman–Crippen LogP) is 1.84. The Morgan fingerprint density at radius 1 is 1.14 bits per heavy atom. The first-order valence-corrected chi connectivity index (χ1v) is 8.70. The zero-order valence-corrected chi connectivity index (χ0v) is 15.3. The molecule has 0 saturated heterocycles. The molecule has 0 unspecified atom stereocenters. The van der Waals surface area contributed by atoms with Crippen molar-refractivity contribution in [2.24, 2.45) is 0 Å². The summed E-state index contributed by atoms with van der Waals surface area (Å²) in [5, 5.41) is 16.7. The van der Waals surface area contributed by atoms with Crippen molar-refractivity contribution in [2.75, 3.05) is 18.5 Å². The van der Waals surface area contributed by atoms with Gasteiger partial charge in [-0.1, -0.05) is 35.9 Å². The number of nitrogens with one attached hydrogen (secondary N) is 1. The number of halogens is 1. The molecule has 0 saturated carbocycles. The van der Waals surface area contributed by atoms with E-state index in [1.165, 1.54) is 0 Å². The van der Waals surface area contributed by atoms with Crippen molar-refractivity contribution in [1.82, 2.24) is 9.78 Å². The molecular formula is C19H16ClN3O5. The van der Waals surface area contributed by atoms with E-state index in [2.05, 4.69) is 10.4 Å². The molecule has 0 radical (unpaired) electrons. The summed E-state index contributed by atoms with van der Waals surface area (Å²) in [6.45, 7) is -0.929. The second-order valence-electron chi connectivity index (χ2n) is 5.78. The fourth-order valence-electron chi connectivity index (χ4n) is 2.59. The SMILES string of the molecule is O=C(COC(=O)c1nn(CCO)c(=O)c2ccccc12)Nc1cccc(Cl)c1. The molecule has 0 fully saturated rings. The van der Waals surface area contributed by atoms with Gasteiger partial charge in [-0.3, -0.25) is 9.59 Å². The first kappa shape index (κ1) is 19.5. The van der Waals surface area contributed by atoms with E-state index in [1.807, 2.05) is 0 Å². The van der Waals surface area contributed by atoms with Crippen LogP contribution in [0.5, 0.6) is 0 Å². The minimum Gasteiger partial charge on any atom is -0.451 e. The van der Waals surface area contributed by atoms with Crippen molar-refractivity contribution >= 4 is 39.9 Å². The Hall–Kier alpha value is -3.23. The molecule has 0 atom stereocenters. The predicted molar refractivity (Wildman–Crippen MR) is 103 cm³/mol. The number of hydrogen-bond acceptors (Lipinski definition) is 6. The van der Waals surface area contributed by atoms with Crippen molar-refractivity contribution in [3.05, 3.63) is 69.6 Å². The van der Waals surface area contributed by atoms with E-state index < -0.39 is 24.0 Å². The average Bonchev–Trinajstić information content (AvgIpc) is 2.68. The zero-order chi connectivity index (χ0) is 20.1. The number of carbonyl (C=O) groups excluding carboxylic acids is 2. The number of fused-ring (bicyclic) bond motifs is 1. The van der Waals surface area contributed by atoms with Gasteiger partial charge in [0.05, 0.1) is 18.5 Å². The highest BCUT2D eigenvalue weighted by molar-refractivity contribution is 6.30. The number of anilines is 1. The molecule has 8 nitrogen and oxygen atoms in total. The van der Waals surface area contributed by atoms with Gasteiger partial charge < -0.3 is 15.2 Å². The lowest BCUT2D eigenvalue weighted by atomic mass is 10.1. The van der Waals surface area contributed by atoms with Crippen LogP contribution < -0.4 is 10.9 Å². The normalized spacial score (nSPS) is 10.6. The molecule has 1 amide bonds. The molecule has 0 aliphatic rings. The number of aliphatic hydroxyl groups excluding tert-OH is 1. The van der Waals surface area contributed by atoms with E-state index in [0.29, 0.717) is 16.1 Å². The largest absolute Gasteiger partial charge is 0.451 e. The van der Waals surface area contributed by atoms with E-state index in [4.69, 9.17) is 21.4 Å². The quantitative estimate of drug-likeness (QED) is 0.610. The van der Waals surface area contributed by atoms with E-state index in [-0.39, 0.29) is 24.2 Å². The van der Waals surface area contributed by atoms with E-state index >= 15 is 0 Å². The number of esters is 1. The first-order valence-electron chi connectivity index (χ1n) is 8.33. The van der Waals surface area contributed by atoms with Gasteiger partial charge in [-0.25, -0.2) is 9.48 Å². The molecule has 3 aromatic rings. The Morgan fingerprint density at radius 3 is 2.61 bits per heavy atom. The first-order chi connectivity index (χ1) is 13.5. The summed E-state index contributed by atoms with van der Waals surface area (Å²) >= 11 is 5.85. The van der Waals surface area contributed by atoms with Crippen molar-refractivity contribution in [1.29, 1.82) is 0 Å². The van der Waals surface area contributed by atoms with Gasteiger partial charge >= 0.3 is 5.97 Å². The van der Waals surface area contributed by atoms with Crippen LogP contribution in [0, 0.1) is 0 Å². The number of benzene rings is 2. The Morgan fingerprint density at radius 2 is 1.89 bits per heavy atom. The summed E-state index contributed by atoms with van der Waals surface area (Å²) in [6.07, 6.45) is 0. The molecule has 1 aromatic heterocycles. The number of rotatable bonds is 6. The third-order valence-corrected chi connectivity index (χ3v) is 4.05. The van der Waals surface area contributed by atoms with E-state index in [0.717, 1.165) is 4.68 Å². The smallest absolute Gasteiger partial charge is 0.359 e.